The Bertz CT molecular complexity index is 780. The second-order valence-corrected chi connectivity index (χ2v) is 4.00. The first-order valence-corrected chi connectivity index (χ1v) is 5.61. The Hall–Kier alpha value is -2.78. The van der Waals surface area contributed by atoms with Crippen LogP contribution in [0, 0.1) is 6.92 Å². The number of aromatic nitrogens is 5. The van der Waals surface area contributed by atoms with Crippen molar-refractivity contribution in [2.45, 2.75) is 13.1 Å². The van der Waals surface area contributed by atoms with Crippen molar-refractivity contribution < 1.29 is 22.2 Å². The van der Waals surface area contributed by atoms with E-state index in [2.05, 4.69) is 29.8 Å². The lowest BCUT2D eigenvalue weighted by Gasteiger charge is -1.97. The highest BCUT2D eigenvalue weighted by molar-refractivity contribution is 5.61. The third kappa shape index (κ3) is 2.59. The molecule has 0 saturated heterocycles. The van der Waals surface area contributed by atoms with Crippen LogP contribution in [0.1, 0.15) is 11.7 Å². The lowest BCUT2D eigenvalue weighted by Crippen LogP contribution is -2.04. The molecular weight excluding hydrogens is 291 g/mol. The molecule has 0 radical (unpaired) electrons. The molecule has 0 saturated carbocycles. The molecule has 21 heavy (non-hydrogen) atoms. The molecule has 0 spiro atoms. The number of aryl methyl sites for hydroxylation is 1. The molecule has 108 valence electrons. The predicted octanol–water partition coefficient (Wildman–Crippen LogP) is 2.51. The van der Waals surface area contributed by atoms with Gasteiger partial charge in [-0.15, -0.1) is 0 Å². The molecule has 0 N–H and O–H groups in total. The SMILES string of the molecule is Cc1noc(-c2cc(-c3noc(C(F)(F)F)n3)ccn2)n1. The van der Waals surface area contributed by atoms with Crippen LogP contribution in [0.5, 0.6) is 0 Å². The number of rotatable bonds is 2. The number of nitrogens with zero attached hydrogens (tertiary/aromatic N) is 5. The molecule has 3 aromatic rings. The lowest BCUT2D eigenvalue weighted by molar-refractivity contribution is -0.159. The van der Waals surface area contributed by atoms with Crippen LogP contribution >= 0.6 is 0 Å². The molecule has 10 heteroatoms. The predicted molar refractivity (Wildman–Crippen MR) is 60.6 cm³/mol. The standard InChI is InChI=1S/C11H6F3N5O2/c1-5-16-9(20-18-5)7-4-6(2-3-15-7)8-17-10(21-19-8)11(12,13)14/h2-4H,1H3. The van der Waals surface area contributed by atoms with E-state index >= 15 is 0 Å². The summed E-state index contributed by atoms with van der Waals surface area (Å²) in [6, 6.07) is 2.87. The highest BCUT2D eigenvalue weighted by atomic mass is 19.4. The first-order valence-electron chi connectivity index (χ1n) is 5.61. The van der Waals surface area contributed by atoms with E-state index in [1.807, 2.05) is 0 Å². The van der Waals surface area contributed by atoms with Crippen LogP contribution in [-0.4, -0.2) is 25.3 Å². The first-order chi connectivity index (χ1) is 9.93. The third-order valence-electron chi connectivity index (χ3n) is 2.43. The summed E-state index contributed by atoms with van der Waals surface area (Å²) < 4.78 is 46.4. The minimum Gasteiger partial charge on any atom is -0.332 e. The summed E-state index contributed by atoms with van der Waals surface area (Å²) in [7, 11) is 0. The average molecular weight is 297 g/mol. The van der Waals surface area contributed by atoms with E-state index < -0.39 is 12.1 Å². The van der Waals surface area contributed by atoms with Crippen molar-refractivity contribution in [2.75, 3.05) is 0 Å². The van der Waals surface area contributed by atoms with Crippen molar-refractivity contribution in [3.8, 4) is 23.0 Å². The Morgan fingerprint density at radius 3 is 2.52 bits per heavy atom. The molecule has 0 bridgehead atoms. The monoisotopic (exact) mass is 297 g/mol. The molecule has 0 aliphatic rings. The zero-order valence-electron chi connectivity index (χ0n) is 10.4. The van der Waals surface area contributed by atoms with Gasteiger partial charge in [0.05, 0.1) is 0 Å². The van der Waals surface area contributed by atoms with Crippen LogP contribution in [0.3, 0.4) is 0 Å². The summed E-state index contributed by atoms with van der Waals surface area (Å²) in [5.74, 6) is -1.06. The molecule has 3 heterocycles. The Labute approximate surface area is 114 Å². The highest BCUT2D eigenvalue weighted by Crippen LogP contribution is 2.29. The Kier molecular flexibility index (Phi) is 2.92. The van der Waals surface area contributed by atoms with Crippen LogP contribution in [0.2, 0.25) is 0 Å². The number of alkyl halides is 3. The van der Waals surface area contributed by atoms with E-state index in [1.54, 1.807) is 6.92 Å². The molecule has 0 aliphatic carbocycles. The molecule has 0 unspecified atom stereocenters. The number of halogens is 3. The summed E-state index contributed by atoms with van der Waals surface area (Å²) in [5.41, 5.74) is 0.585. The molecule has 3 aromatic heterocycles. The van der Waals surface area contributed by atoms with Gasteiger partial charge in [0.25, 0.3) is 5.89 Å². The van der Waals surface area contributed by atoms with Crippen LogP contribution in [0.25, 0.3) is 23.0 Å². The quantitative estimate of drug-likeness (QED) is 0.717. The maximum absolute atomic E-state index is 12.4. The van der Waals surface area contributed by atoms with Gasteiger partial charge in [-0.3, -0.25) is 4.98 Å². The lowest BCUT2D eigenvalue weighted by atomic mass is 10.2. The van der Waals surface area contributed by atoms with E-state index in [1.165, 1.54) is 18.3 Å². The van der Waals surface area contributed by atoms with E-state index in [0.29, 0.717) is 11.5 Å². The minimum absolute atomic E-state index is 0.147. The highest BCUT2D eigenvalue weighted by Gasteiger charge is 2.38. The Morgan fingerprint density at radius 1 is 1.10 bits per heavy atom. The molecule has 7 nitrogen and oxygen atoms in total. The Balaban J connectivity index is 1.98. The molecule has 0 aromatic carbocycles. The summed E-state index contributed by atoms with van der Waals surface area (Å²) in [6.07, 6.45) is -3.32. The molecule has 0 aliphatic heterocycles. The average Bonchev–Trinajstić information content (AvgIpc) is 3.07. The van der Waals surface area contributed by atoms with Crippen molar-refractivity contribution in [1.29, 1.82) is 0 Å². The second kappa shape index (κ2) is 4.65. The van der Waals surface area contributed by atoms with Gasteiger partial charge in [-0.05, 0) is 19.1 Å². The largest absolute Gasteiger partial charge is 0.471 e. The molecule has 3 rings (SSSR count). The van der Waals surface area contributed by atoms with E-state index in [9.17, 15) is 13.2 Å². The van der Waals surface area contributed by atoms with Crippen LogP contribution < -0.4 is 0 Å². The van der Waals surface area contributed by atoms with Crippen molar-refractivity contribution in [2.24, 2.45) is 0 Å². The van der Waals surface area contributed by atoms with Crippen LogP contribution in [0.4, 0.5) is 13.2 Å². The van der Waals surface area contributed by atoms with Gasteiger partial charge in [0, 0.05) is 11.8 Å². The van der Waals surface area contributed by atoms with Gasteiger partial charge in [0.2, 0.25) is 5.82 Å². The summed E-state index contributed by atoms with van der Waals surface area (Å²) in [4.78, 5) is 11.3. The molecule has 0 amide bonds. The van der Waals surface area contributed by atoms with E-state index in [4.69, 9.17) is 4.52 Å². The van der Waals surface area contributed by atoms with Crippen molar-refractivity contribution >= 4 is 0 Å². The maximum Gasteiger partial charge on any atom is 0.471 e. The Morgan fingerprint density at radius 2 is 1.90 bits per heavy atom. The van der Waals surface area contributed by atoms with Crippen molar-refractivity contribution in [3.05, 3.63) is 30.0 Å². The van der Waals surface area contributed by atoms with Gasteiger partial charge >= 0.3 is 12.1 Å². The van der Waals surface area contributed by atoms with Crippen LogP contribution in [-0.2, 0) is 6.18 Å². The summed E-state index contributed by atoms with van der Waals surface area (Å²) in [5, 5.41) is 6.90. The van der Waals surface area contributed by atoms with Crippen LogP contribution in [0.15, 0.2) is 27.4 Å². The topological polar surface area (TPSA) is 90.7 Å². The number of pyridine rings is 1. The van der Waals surface area contributed by atoms with E-state index in [0.717, 1.165) is 0 Å². The molecule has 0 fully saturated rings. The molecule has 0 atom stereocenters. The minimum atomic E-state index is -4.69. The third-order valence-corrected chi connectivity index (χ3v) is 2.43. The van der Waals surface area contributed by atoms with Gasteiger partial charge in [0.15, 0.2) is 5.82 Å². The fourth-order valence-electron chi connectivity index (χ4n) is 1.54. The fraction of sp³-hybridized carbons (Fsp3) is 0.182. The van der Waals surface area contributed by atoms with E-state index in [-0.39, 0.29) is 17.3 Å². The van der Waals surface area contributed by atoms with Crippen molar-refractivity contribution in [3.63, 3.8) is 0 Å². The van der Waals surface area contributed by atoms with Gasteiger partial charge < -0.3 is 9.05 Å². The zero-order chi connectivity index (χ0) is 15.0. The first kappa shape index (κ1) is 13.2. The normalized spacial score (nSPS) is 11.8. The second-order valence-electron chi connectivity index (χ2n) is 4.00. The fourth-order valence-corrected chi connectivity index (χ4v) is 1.54. The zero-order valence-corrected chi connectivity index (χ0v) is 10.4. The maximum atomic E-state index is 12.4. The van der Waals surface area contributed by atoms with Gasteiger partial charge in [0.1, 0.15) is 5.69 Å². The van der Waals surface area contributed by atoms with Crippen molar-refractivity contribution in [1.82, 2.24) is 25.3 Å². The summed E-state index contributed by atoms with van der Waals surface area (Å²) >= 11 is 0. The van der Waals surface area contributed by atoms with Gasteiger partial charge in [-0.2, -0.15) is 23.1 Å². The van der Waals surface area contributed by atoms with Gasteiger partial charge in [-0.25, -0.2) is 0 Å². The van der Waals surface area contributed by atoms with Gasteiger partial charge in [-0.1, -0.05) is 10.3 Å². The summed E-state index contributed by atoms with van der Waals surface area (Å²) in [6.45, 7) is 1.63. The number of hydrogen-bond acceptors (Lipinski definition) is 7. The smallest absolute Gasteiger partial charge is 0.332 e. The molecular formula is C11H6F3N5O2. The number of hydrogen-bond donors (Lipinski definition) is 0.